The fraction of sp³-hybridized carbons (Fsp3) is 0.588. The summed E-state index contributed by atoms with van der Waals surface area (Å²) in [6, 6.07) is 3.62. The van der Waals surface area contributed by atoms with E-state index < -0.39 is 0 Å². The van der Waals surface area contributed by atoms with Gasteiger partial charge in [-0.1, -0.05) is 6.42 Å². The van der Waals surface area contributed by atoms with Crippen molar-refractivity contribution in [2.24, 2.45) is 10.4 Å². The molecule has 2 heterocycles. The van der Waals surface area contributed by atoms with Gasteiger partial charge in [0.2, 0.25) is 5.91 Å². The van der Waals surface area contributed by atoms with Gasteiger partial charge in [0.25, 0.3) is 0 Å². The molecule has 1 aromatic heterocycles. The van der Waals surface area contributed by atoms with Crippen LogP contribution in [0.15, 0.2) is 29.5 Å². The van der Waals surface area contributed by atoms with E-state index in [4.69, 9.17) is 0 Å². The number of aromatic nitrogens is 1. The number of aliphatic imine (C=N–C) groups is 1. The Bertz CT molecular complexity index is 574. The van der Waals surface area contributed by atoms with E-state index in [1.165, 1.54) is 25.7 Å². The van der Waals surface area contributed by atoms with Crippen molar-refractivity contribution in [3.63, 3.8) is 0 Å². The Morgan fingerprint density at radius 3 is 2.83 bits per heavy atom. The van der Waals surface area contributed by atoms with Crippen molar-refractivity contribution < 1.29 is 4.79 Å². The smallest absolute Gasteiger partial charge is 0.246 e. The number of pyridine rings is 1. The topological polar surface area (TPSA) is 69.6 Å². The predicted molar refractivity (Wildman–Crippen MR) is 107 cm³/mol. The number of hydrogen-bond acceptors (Lipinski definition) is 3. The molecule has 2 aliphatic rings. The van der Waals surface area contributed by atoms with E-state index in [1.807, 2.05) is 6.07 Å². The molecule has 2 N–H and O–H groups in total. The third-order valence-electron chi connectivity index (χ3n) is 4.80. The molecule has 6 nitrogen and oxygen atoms in total. The molecule has 0 aromatic carbocycles. The van der Waals surface area contributed by atoms with E-state index >= 15 is 0 Å². The number of carbonyl (C=O) groups excluding carboxylic acids is 1. The molecule has 1 spiro atoms. The van der Waals surface area contributed by atoms with Crippen LogP contribution in [0.1, 0.15) is 32.6 Å². The lowest BCUT2D eigenvalue weighted by Crippen LogP contribution is -2.43. The monoisotopic (exact) mass is 443 g/mol. The van der Waals surface area contributed by atoms with E-state index in [1.54, 1.807) is 18.5 Å². The number of anilines is 1. The molecule has 0 bridgehead atoms. The van der Waals surface area contributed by atoms with Gasteiger partial charge in [0, 0.05) is 25.8 Å². The summed E-state index contributed by atoms with van der Waals surface area (Å²) in [5, 5.41) is 6.13. The van der Waals surface area contributed by atoms with Crippen LogP contribution in [0, 0.1) is 5.41 Å². The van der Waals surface area contributed by atoms with Gasteiger partial charge >= 0.3 is 0 Å². The minimum absolute atomic E-state index is 0. The number of carbonyl (C=O) groups is 1. The Labute approximate surface area is 160 Å². The first-order valence-corrected chi connectivity index (χ1v) is 8.44. The van der Waals surface area contributed by atoms with Crippen LogP contribution in [-0.4, -0.2) is 47.9 Å². The van der Waals surface area contributed by atoms with E-state index in [0.29, 0.717) is 11.1 Å². The Kier molecular flexibility index (Phi) is 6.82. The highest BCUT2D eigenvalue weighted by Crippen LogP contribution is 2.47. The van der Waals surface area contributed by atoms with Crippen LogP contribution in [0.5, 0.6) is 0 Å². The molecule has 1 aliphatic carbocycles. The van der Waals surface area contributed by atoms with Crippen molar-refractivity contribution in [1.82, 2.24) is 15.2 Å². The summed E-state index contributed by atoms with van der Waals surface area (Å²) in [5.74, 6) is 0.739. The highest BCUT2D eigenvalue weighted by Gasteiger charge is 2.43. The molecular weight excluding hydrogens is 417 g/mol. The number of guanidine groups is 1. The normalized spacial score (nSPS) is 18.7. The number of hydrogen-bond donors (Lipinski definition) is 2. The van der Waals surface area contributed by atoms with Crippen molar-refractivity contribution in [2.45, 2.75) is 32.6 Å². The number of amides is 1. The summed E-state index contributed by atoms with van der Waals surface area (Å²) < 4.78 is 0. The molecule has 2 fully saturated rings. The molecule has 1 aromatic rings. The summed E-state index contributed by atoms with van der Waals surface area (Å²) in [5.41, 5.74) is 1.22. The average Bonchev–Trinajstić information content (AvgIpc) is 2.98. The van der Waals surface area contributed by atoms with Crippen molar-refractivity contribution in [1.29, 1.82) is 0 Å². The maximum absolute atomic E-state index is 12.0. The van der Waals surface area contributed by atoms with Crippen LogP contribution in [0.25, 0.3) is 0 Å². The SMILES string of the molecule is CCNC(=NCC(=O)Nc1cccnc1)N1CCC2(CCC2)C1.I. The zero-order valence-corrected chi connectivity index (χ0v) is 16.5. The van der Waals surface area contributed by atoms with Gasteiger partial charge < -0.3 is 15.5 Å². The van der Waals surface area contributed by atoms with Gasteiger partial charge in [-0.25, -0.2) is 4.99 Å². The number of rotatable bonds is 4. The van der Waals surface area contributed by atoms with E-state index in [2.05, 4.69) is 32.4 Å². The first-order valence-electron chi connectivity index (χ1n) is 8.44. The first kappa shape index (κ1) is 19.0. The summed E-state index contributed by atoms with van der Waals surface area (Å²) in [4.78, 5) is 22.8. The quantitative estimate of drug-likeness (QED) is 0.426. The lowest BCUT2D eigenvalue weighted by atomic mass is 9.68. The Morgan fingerprint density at radius 1 is 1.42 bits per heavy atom. The van der Waals surface area contributed by atoms with E-state index in [9.17, 15) is 4.79 Å². The maximum atomic E-state index is 12.0. The predicted octanol–water partition coefficient (Wildman–Crippen LogP) is 2.48. The lowest BCUT2D eigenvalue weighted by Gasteiger charge is -2.38. The zero-order chi connectivity index (χ0) is 16.1. The van der Waals surface area contributed by atoms with Gasteiger partial charge in [0.05, 0.1) is 11.9 Å². The van der Waals surface area contributed by atoms with Crippen LogP contribution >= 0.6 is 24.0 Å². The van der Waals surface area contributed by atoms with Crippen molar-refractivity contribution >= 4 is 41.5 Å². The van der Waals surface area contributed by atoms with Gasteiger partial charge in [0.1, 0.15) is 6.54 Å². The molecule has 1 amide bonds. The molecule has 24 heavy (non-hydrogen) atoms. The Hall–Kier alpha value is -1.38. The second-order valence-electron chi connectivity index (χ2n) is 6.49. The Morgan fingerprint density at radius 2 is 2.25 bits per heavy atom. The maximum Gasteiger partial charge on any atom is 0.246 e. The van der Waals surface area contributed by atoms with Crippen molar-refractivity contribution in [3.05, 3.63) is 24.5 Å². The average molecular weight is 443 g/mol. The molecule has 0 radical (unpaired) electrons. The second kappa shape index (κ2) is 8.64. The number of likely N-dealkylation sites (tertiary alicyclic amines) is 1. The molecule has 1 aliphatic heterocycles. The molecule has 0 unspecified atom stereocenters. The first-order chi connectivity index (χ1) is 11.2. The Balaban J connectivity index is 0.00000208. The largest absolute Gasteiger partial charge is 0.357 e. The molecule has 1 saturated carbocycles. The van der Waals surface area contributed by atoms with Crippen molar-refractivity contribution in [2.75, 3.05) is 31.5 Å². The van der Waals surface area contributed by atoms with E-state index in [-0.39, 0.29) is 36.4 Å². The molecule has 3 rings (SSSR count). The second-order valence-corrected chi connectivity index (χ2v) is 6.49. The standard InChI is InChI=1S/C17H25N5O.HI/c1-2-19-16(22-10-8-17(13-22)6-4-7-17)20-12-15(23)21-14-5-3-9-18-11-14;/h3,5,9,11H,2,4,6-8,10,12-13H2,1H3,(H,19,20)(H,21,23);1H. The van der Waals surface area contributed by atoms with Gasteiger partial charge in [-0.05, 0) is 43.7 Å². The van der Waals surface area contributed by atoms with Crippen LogP contribution in [-0.2, 0) is 4.79 Å². The van der Waals surface area contributed by atoms with Crippen molar-refractivity contribution in [3.8, 4) is 0 Å². The van der Waals surface area contributed by atoms with Crippen LogP contribution in [0.3, 0.4) is 0 Å². The lowest BCUT2D eigenvalue weighted by molar-refractivity contribution is -0.114. The molecule has 0 atom stereocenters. The third-order valence-corrected chi connectivity index (χ3v) is 4.80. The molecule has 1 saturated heterocycles. The van der Waals surface area contributed by atoms with Gasteiger partial charge in [-0.15, -0.1) is 24.0 Å². The third kappa shape index (κ3) is 4.58. The zero-order valence-electron chi connectivity index (χ0n) is 14.1. The fourth-order valence-electron chi connectivity index (χ4n) is 3.41. The summed E-state index contributed by atoms with van der Waals surface area (Å²) >= 11 is 0. The van der Waals surface area contributed by atoms with Crippen LogP contribution in [0.4, 0.5) is 5.69 Å². The fourth-order valence-corrected chi connectivity index (χ4v) is 3.41. The van der Waals surface area contributed by atoms with Gasteiger partial charge in [0.15, 0.2) is 5.96 Å². The van der Waals surface area contributed by atoms with Crippen LogP contribution < -0.4 is 10.6 Å². The summed E-state index contributed by atoms with van der Waals surface area (Å²) in [6.45, 7) is 5.10. The van der Waals surface area contributed by atoms with Crippen LogP contribution in [0.2, 0.25) is 0 Å². The molecular formula is C17H26IN5O. The van der Waals surface area contributed by atoms with Gasteiger partial charge in [-0.3, -0.25) is 9.78 Å². The van der Waals surface area contributed by atoms with Gasteiger partial charge in [-0.2, -0.15) is 0 Å². The molecule has 7 heteroatoms. The minimum Gasteiger partial charge on any atom is -0.357 e. The summed E-state index contributed by atoms with van der Waals surface area (Å²) in [6.07, 6.45) is 8.59. The highest BCUT2D eigenvalue weighted by molar-refractivity contribution is 14.0. The minimum atomic E-state index is -0.119. The molecule has 132 valence electrons. The van der Waals surface area contributed by atoms with E-state index in [0.717, 1.165) is 25.6 Å². The number of nitrogens with zero attached hydrogens (tertiary/aromatic N) is 3. The number of nitrogens with one attached hydrogen (secondary N) is 2. The highest BCUT2D eigenvalue weighted by atomic mass is 127. The summed E-state index contributed by atoms with van der Waals surface area (Å²) in [7, 11) is 0. The number of halogens is 1.